The third-order valence-corrected chi connectivity index (χ3v) is 26.5. The Balaban J connectivity index is 0.531. The average molecular weight is 1590 g/mol. The van der Waals surface area contributed by atoms with E-state index in [1.807, 2.05) is 18.2 Å². The van der Waals surface area contributed by atoms with E-state index in [4.69, 9.17) is 39.4 Å². The summed E-state index contributed by atoms with van der Waals surface area (Å²) in [7, 11) is 0. The van der Waals surface area contributed by atoms with Gasteiger partial charge in [0.2, 0.25) is 0 Å². The fraction of sp³-hybridized carbons (Fsp3) is 0.0172. The second-order valence-electron chi connectivity index (χ2n) is 33.0. The standard InChI is InChI=1S/C116H69N7O2/c1-2-23-73(24-3-1)109-117-113(122-114(121-109)92-33-22-40-101-108(92)125-106-44-21-17-39-100(106)115(101)95-34-12-6-27-86(95)87-28-7-13-35-96(87)115)76-53-47-71(48-54-76)79-60-65-85-84-64-59-78(67-93(84)82-25-4-5-26-83(82)94(85)68-79)70-45-51-74(52-46-70)110-118-111(120-112(119-110)77-57-62-81(63-58-77)123-103-41-18-10-31-90(103)91-32-11-19-42-104(91)123)75-55-49-72(50-56-75)80-61-66-107-102(69-80)116(99-38-16-20-43-105(99)124-107)97-36-14-8-29-88(97)89-30-9-15-37-98(89)116/h1-69H. The molecular weight excluding hydrogens is 1520 g/mol. The van der Waals surface area contributed by atoms with Crippen LogP contribution in [0.1, 0.15) is 44.5 Å². The van der Waals surface area contributed by atoms with Gasteiger partial charge in [0.05, 0.1) is 27.4 Å². The fourth-order valence-electron chi connectivity index (χ4n) is 20.9. The van der Waals surface area contributed by atoms with E-state index in [-0.39, 0.29) is 0 Å². The molecule has 5 heterocycles. The van der Waals surface area contributed by atoms with Gasteiger partial charge in [-0.05, 0) is 189 Å². The third kappa shape index (κ3) is 10.6. The van der Waals surface area contributed by atoms with E-state index in [1.54, 1.807) is 0 Å². The van der Waals surface area contributed by atoms with Crippen molar-refractivity contribution in [1.82, 2.24) is 34.5 Å². The molecule has 0 fully saturated rings. The molecule has 0 unspecified atom stereocenters. The highest BCUT2D eigenvalue weighted by Crippen LogP contribution is 2.65. The monoisotopic (exact) mass is 1590 g/mol. The first-order valence-corrected chi connectivity index (χ1v) is 42.5. The van der Waals surface area contributed by atoms with E-state index in [0.717, 1.165) is 129 Å². The zero-order valence-corrected chi connectivity index (χ0v) is 67.3. The summed E-state index contributed by atoms with van der Waals surface area (Å²) in [5.41, 5.74) is 28.1. The largest absolute Gasteiger partial charge is 0.457 e. The van der Waals surface area contributed by atoms with E-state index in [2.05, 4.69) is 405 Å². The van der Waals surface area contributed by atoms with Crippen molar-refractivity contribution in [1.29, 1.82) is 0 Å². The molecule has 2 aliphatic heterocycles. The zero-order chi connectivity index (χ0) is 82.0. The van der Waals surface area contributed by atoms with Gasteiger partial charge in [-0.2, -0.15) is 0 Å². The molecule has 0 amide bonds. The number of para-hydroxylation sites is 5. The molecule has 22 aromatic rings. The maximum absolute atomic E-state index is 7.13. The van der Waals surface area contributed by atoms with Crippen LogP contribution in [-0.2, 0) is 10.8 Å². The normalized spacial score (nSPS) is 13.2. The van der Waals surface area contributed by atoms with Crippen molar-refractivity contribution < 1.29 is 9.47 Å². The van der Waals surface area contributed by atoms with Gasteiger partial charge < -0.3 is 14.0 Å². The first kappa shape index (κ1) is 70.2. The minimum absolute atomic E-state index is 0.528. The number of aromatic nitrogens is 7. The van der Waals surface area contributed by atoms with Gasteiger partial charge >= 0.3 is 0 Å². The van der Waals surface area contributed by atoms with Crippen LogP contribution >= 0.6 is 0 Å². The summed E-state index contributed by atoms with van der Waals surface area (Å²) in [6, 6.07) is 150. The van der Waals surface area contributed by atoms with Gasteiger partial charge in [0.25, 0.3) is 0 Å². The molecule has 0 N–H and O–H groups in total. The Morgan fingerprint density at radius 1 is 0.176 bits per heavy atom. The van der Waals surface area contributed by atoms with Crippen molar-refractivity contribution in [3.05, 3.63) is 463 Å². The van der Waals surface area contributed by atoms with Crippen molar-refractivity contribution in [2.75, 3.05) is 0 Å². The van der Waals surface area contributed by atoms with Crippen LogP contribution < -0.4 is 9.47 Å². The molecule has 0 saturated carbocycles. The lowest BCUT2D eigenvalue weighted by Gasteiger charge is -2.39. The Labute approximate surface area is 719 Å². The Bertz CT molecular complexity index is 8120. The van der Waals surface area contributed by atoms with Crippen LogP contribution in [0.15, 0.2) is 419 Å². The van der Waals surface area contributed by atoms with Crippen LogP contribution in [-0.4, -0.2) is 34.5 Å². The van der Waals surface area contributed by atoms with Gasteiger partial charge in [-0.15, -0.1) is 0 Å². The van der Waals surface area contributed by atoms with Crippen LogP contribution in [0.25, 0.3) is 184 Å². The predicted molar refractivity (Wildman–Crippen MR) is 504 cm³/mol. The minimum Gasteiger partial charge on any atom is -0.457 e. The number of hydrogen-bond donors (Lipinski definition) is 0. The van der Waals surface area contributed by atoms with Gasteiger partial charge in [-0.3, -0.25) is 0 Å². The van der Waals surface area contributed by atoms with Crippen molar-refractivity contribution in [3.63, 3.8) is 0 Å². The van der Waals surface area contributed by atoms with E-state index >= 15 is 0 Å². The van der Waals surface area contributed by atoms with E-state index in [9.17, 15) is 0 Å². The average Bonchev–Trinajstić information content (AvgIpc) is 1.54. The summed E-state index contributed by atoms with van der Waals surface area (Å²) in [5, 5.41) is 9.52. The minimum atomic E-state index is -0.642. The maximum atomic E-state index is 7.13. The Morgan fingerprint density at radius 2 is 0.480 bits per heavy atom. The first-order valence-electron chi connectivity index (χ1n) is 42.5. The smallest absolute Gasteiger partial charge is 0.167 e. The molecule has 26 rings (SSSR count). The molecule has 125 heavy (non-hydrogen) atoms. The molecule has 3 aromatic heterocycles. The summed E-state index contributed by atoms with van der Waals surface area (Å²) in [5.74, 6) is 6.64. The Hall–Kier alpha value is -16.6. The van der Waals surface area contributed by atoms with Crippen molar-refractivity contribution in [2.45, 2.75) is 10.8 Å². The molecule has 19 aromatic carbocycles. The van der Waals surface area contributed by atoms with E-state index in [0.29, 0.717) is 34.9 Å². The van der Waals surface area contributed by atoms with Crippen LogP contribution in [0.4, 0.5) is 0 Å². The topological polar surface area (TPSA) is 101 Å². The highest BCUT2D eigenvalue weighted by atomic mass is 16.5. The van der Waals surface area contributed by atoms with Crippen LogP contribution in [0.3, 0.4) is 0 Å². The lowest BCUT2D eigenvalue weighted by Crippen LogP contribution is -2.32. The summed E-state index contributed by atoms with van der Waals surface area (Å²) in [4.78, 5) is 31.9. The van der Waals surface area contributed by atoms with E-state index in [1.165, 1.54) is 87.6 Å². The molecule has 0 atom stereocenters. The van der Waals surface area contributed by atoms with Gasteiger partial charge in [-0.25, -0.2) is 29.9 Å². The fourth-order valence-corrected chi connectivity index (χ4v) is 20.9. The predicted octanol–water partition coefficient (Wildman–Crippen LogP) is 28.6. The second kappa shape index (κ2) is 27.5. The second-order valence-corrected chi connectivity index (χ2v) is 33.0. The lowest BCUT2D eigenvalue weighted by molar-refractivity contribution is 0.436. The van der Waals surface area contributed by atoms with Crippen LogP contribution in [0.2, 0.25) is 0 Å². The molecule has 4 aliphatic rings. The molecule has 0 saturated heterocycles. The maximum Gasteiger partial charge on any atom is 0.167 e. The molecule has 9 heteroatoms. The van der Waals surface area contributed by atoms with Gasteiger partial charge in [0.1, 0.15) is 23.0 Å². The number of hydrogen-bond acceptors (Lipinski definition) is 8. The van der Waals surface area contributed by atoms with E-state index < -0.39 is 10.8 Å². The molecule has 580 valence electrons. The van der Waals surface area contributed by atoms with Gasteiger partial charge in [0, 0.05) is 66.5 Å². The van der Waals surface area contributed by atoms with Crippen LogP contribution in [0.5, 0.6) is 23.0 Å². The number of fused-ring (bicyclic) bond motifs is 27. The quantitative estimate of drug-likeness (QED) is 0.125. The Morgan fingerprint density at radius 3 is 0.944 bits per heavy atom. The number of ether oxygens (including phenoxy) is 2. The zero-order valence-electron chi connectivity index (χ0n) is 67.3. The number of nitrogens with zero attached hydrogens (tertiary/aromatic N) is 7. The summed E-state index contributed by atoms with van der Waals surface area (Å²) < 4.78 is 16.3. The van der Waals surface area contributed by atoms with Crippen LogP contribution in [0, 0.1) is 0 Å². The highest BCUT2D eigenvalue weighted by molar-refractivity contribution is 6.26. The number of rotatable bonds is 10. The molecule has 2 spiro atoms. The Kier molecular flexibility index (Phi) is 15.4. The molecule has 0 bridgehead atoms. The molecule has 0 radical (unpaired) electrons. The highest BCUT2D eigenvalue weighted by Gasteiger charge is 2.53. The molecule has 2 aliphatic carbocycles. The lowest BCUT2D eigenvalue weighted by atomic mass is 9.66. The van der Waals surface area contributed by atoms with Gasteiger partial charge in [-0.1, -0.05) is 340 Å². The summed E-state index contributed by atoms with van der Waals surface area (Å²) in [6.45, 7) is 0. The van der Waals surface area contributed by atoms with Gasteiger partial charge in [0.15, 0.2) is 34.9 Å². The first-order chi connectivity index (χ1) is 61.9. The SMILES string of the molecule is c1ccc(-c2nc(-c3ccc(-c4ccc5c6ccc(-c7ccc(-c8nc(-c9ccc(-c%10ccc%11c(c%10)C%10(c%12ccccc%12O%11)c%11ccccc%11-c%11ccccc%11%10)cc9)nc(-c9ccc(-n%10c%11ccccc%11c%11ccccc%11%10)cc9)n8)cc7)cc6c6ccccc6c5c4)cc3)nc(-c3cccc4c3Oc3ccccc3C43c4ccccc4-c4ccccc43)n2)cc1. The molecule has 9 nitrogen and oxygen atoms in total. The summed E-state index contributed by atoms with van der Waals surface area (Å²) >= 11 is 0. The number of benzene rings is 19. The summed E-state index contributed by atoms with van der Waals surface area (Å²) in [6.07, 6.45) is 0. The third-order valence-electron chi connectivity index (χ3n) is 26.5. The van der Waals surface area contributed by atoms with Crippen molar-refractivity contribution in [2.24, 2.45) is 0 Å². The molecular formula is C116H69N7O2. The van der Waals surface area contributed by atoms with Crippen molar-refractivity contribution >= 4 is 54.1 Å². The van der Waals surface area contributed by atoms with Crippen molar-refractivity contribution in [3.8, 4) is 153 Å².